The van der Waals surface area contributed by atoms with Gasteiger partial charge in [-0.25, -0.2) is 0 Å². The predicted molar refractivity (Wildman–Crippen MR) is 86.3 cm³/mol. The Kier molecular flexibility index (Phi) is 4.38. The van der Waals surface area contributed by atoms with Gasteiger partial charge in [0.05, 0.1) is 0 Å². The van der Waals surface area contributed by atoms with Gasteiger partial charge < -0.3 is 14.4 Å². The van der Waals surface area contributed by atoms with E-state index in [9.17, 15) is 4.79 Å². The van der Waals surface area contributed by atoms with E-state index in [1.165, 1.54) is 0 Å². The topological polar surface area (TPSA) is 98.7 Å². The summed E-state index contributed by atoms with van der Waals surface area (Å²) in [6.07, 6.45) is 2.53. The quantitative estimate of drug-likeness (QED) is 0.907. The number of aromatic nitrogens is 5. The van der Waals surface area contributed by atoms with Crippen molar-refractivity contribution >= 4 is 5.91 Å². The molecule has 8 nitrogen and oxygen atoms in total. The predicted octanol–water partition coefficient (Wildman–Crippen LogP) is 1.33. The van der Waals surface area contributed by atoms with Gasteiger partial charge in [-0.2, -0.15) is 4.98 Å². The summed E-state index contributed by atoms with van der Waals surface area (Å²) in [6, 6.07) is 0.118. The van der Waals surface area contributed by atoms with Crippen molar-refractivity contribution in [3.8, 4) is 0 Å². The molecule has 3 rings (SSSR count). The molecular formula is C16H24N6O2. The SMILES string of the molecule is Cc1nnc2n1C[C@H](NC(=O)CCc1nc(C(C)(C)C)no1)CC2. The summed E-state index contributed by atoms with van der Waals surface area (Å²) in [7, 11) is 0. The molecule has 3 heterocycles. The van der Waals surface area contributed by atoms with Crippen molar-refractivity contribution in [1.82, 2.24) is 30.2 Å². The average molecular weight is 332 g/mol. The Hall–Kier alpha value is -2.25. The zero-order valence-corrected chi connectivity index (χ0v) is 14.7. The van der Waals surface area contributed by atoms with Gasteiger partial charge in [-0.15, -0.1) is 10.2 Å². The van der Waals surface area contributed by atoms with E-state index in [1.54, 1.807) is 0 Å². The fourth-order valence-corrected chi connectivity index (χ4v) is 2.76. The summed E-state index contributed by atoms with van der Waals surface area (Å²) < 4.78 is 7.29. The molecule has 8 heteroatoms. The van der Waals surface area contributed by atoms with Crippen LogP contribution in [-0.2, 0) is 29.6 Å². The van der Waals surface area contributed by atoms with E-state index >= 15 is 0 Å². The summed E-state index contributed by atoms with van der Waals surface area (Å²) in [5, 5.41) is 15.3. The second-order valence-electron chi connectivity index (χ2n) is 7.34. The summed E-state index contributed by atoms with van der Waals surface area (Å²) in [6.45, 7) is 8.74. The molecule has 1 aliphatic heterocycles. The molecule has 130 valence electrons. The Morgan fingerprint density at radius 1 is 1.38 bits per heavy atom. The molecule has 1 N–H and O–H groups in total. The summed E-state index contributed by atoms with van der Waals surface area (Å²) >= 11 is 0. The summed E-state index contributed by atoms with van der Waals surface area (Å²) in [5.74, 6) is 3.07. The lowest BCUT2D eigenvalue weighted by Gasteiger charge is -2.24. The second-order valence-corrected chi connectivity index (χ2v) is 7.34. The highest BCUT2D eigenvalue weighted by molar-refractivity contribution is 5.76. The van der Waals surface area contributed by atoms with Crippen LogP contribution in [0.4, 0.5) is 0 Å². The third-order valence-electron chi connectivity index (χ3n) is 4.20. The number of nitrogens with one attached hydrogen (secondary N) is 1. The number of amides is 1. The molecule has 1 amide bonds. The number of rotatable bonds is 4. The van der Waals surface area contributed by atoms with E-state index in [0.717, 1.165) is 31.0 Å². The molecule has 24 heavy (non-hydrogen) atoms. The number of aryl methyl sites for hydroxylation is 3. The molecule has 0 radical (unpaired) electrons. The highest BCUT2D eigenvalue weighted by atomic mass is 16.5. The van der Waals surface area contributed by atoms with E-state index in [-0.39, 0.29) is 17.4 Å². The molecule has 0 saturated carbocycles. The van der Waals surface area contributed by atoms with E-state index in [2.05, 4.69) is 30.2 Å². The van der Waals surface area contributed by atoms with E-state index < -0.39 is 0 Å². The largest absolute Gasteiger partial charge is 0.352 e. The molecule has 1 atom stereocenters. The average Bonchev–Trinajstić information content (AvgIpc) is 3.13. The minimum atomic E-state index is -0.152. The van der Waals surface area contributed by atoms with Gasteiger partial charge in [-0.05, 0) is 13.3 Å². The van der Waals surface area contributed by atoms with Crippen molar-refractivity contribution in [2.75, 3.05) is 0 Å². The molecular weight excluding hydrogens is 308 g/mol. The van der Waals surface area contributed by atoms with Crippen LogP contribution in [0.25, 0.3) is 0 Å². The lowest BCUT2D eigenvalue weighted by Crippen LogP contribution is -2.41. The molecule has 0 saturated heterocycles. The Morgan fingerprint density at radius 3 is 2.88 bits per heavy atom. The van der Waals surface area contributed by atoms with E-state index in [4.69, 9.17) is 4.52 Å². The van der Waals surface area contributed by atoms with Crippen molar-refractivity contribution in [2.45, 2.75) is 71.4 Å². The summed E-state index contributed by atoms with van der Waals surface area (Å²) in [4.78, 5) is 16.5. The van der Waals surface area contributed by atoms with Crippen LogP contribution < -0.4 is 5.32 Å². The van der Waals surface area contributed by atoms with Gasteiger partial charge in [0.25, 0.3) is 0 Å². The molecule has 0 aromatic carbocycles. The summed E-state index contributed by atoms with van der Waals surface area (Å²) in [5.41, 5.74) is -0.152. The van der Waals surface area contributed by atoms with Crippen LogP contribution in [0.5, 0.6) is 0 Å². The third-order valence-corrected chi connectivity index (χ3v) is 4.20. The molecule has 2 aromatic rings. The maximum absolute atomic E-state index is 12.2. The van der Waals surface area contributed by atoms with E-state index in [1.807, 2.05) is 27.7 Å². The molecule has 2 aromatic heterocycles. The Bertz CT molecular complexity index is 727. The maximum Gasteiger partial charge on any atom is 0.227 e. The second kappa shape index (κ2) is 6.33. The van der Waals surface area contributed by atoms with Gasteiger partial charge in [-0.1, -0.05) is 25.9 Å². The van der Waals surface area contributed by atoms with Gasteiger partial charge in [0.2, 0.25) is 11.8 Å². The number of carbonyl (C=O) groups is 1. The van der Waals surface area contributed by atoms with Crippen molar-refractivity contribution in [3.63, 3.8) is 0 Å². The maximum atomic E-state index is 12.2. The van der Waals surface area contributed by atoms with Crippen molar-refractivity contribution in [3.05, 3.63) is 23.4 Å². The van der Waals surface area contributed by atoms with Crippen molar-refractivity contribution in [2.24, 2.45) is 0 Å². The lowest BCUT2D eigenvalue weighted by atomic mass is 9.96. The first-order valence-corrected chi connectivity index (χ1v) is 8.34. The Balaban J connectivity index is 1.50. The normalized spacial score (nSPS) is 17.6. The number of hydrogen-bond acceptors (Lipinski definition) is 6. The number of carbonyl (C=O) groups excluding carboxylic acids is 1. The molecule has 0 unspecified atom stereocenters. The lowest BCUT2D eigenvalue weighted by molar-refractivity contribution is -0.122. The third kappa shape index (κ3) is 3.63. The van der Waals surface area contributed by atoms with Crippen LogP contribution in [0.2, 0.25) is 0 Å². The Labute approximate surface area is 141 Å². The Morgan fingerprint density at radius 2 is 2.17 bits per heavy atom. The van der Waals surface area contributed by atoms with Crippen LogP contribution in [-0.4, -0.2) is 36.9 Å². The smallest absolute Gasteiger partial charge is 0.227 e. The molecule has 1 aliphatic rings. The number of hydrogen-bond donors (Lipinski definition) is 1. The minimum absolute atomic E-state index is 0.00434. The first-order chi connectivity index (χ1) is 11.3. The van der Waals surface area contributed by atoms with Crippen LogP contribution in [0.15, 0.2) is 4.52 Å². The molecule has 0 spiro atoms. The molecule has 0 aliphatic carbocycles. The van der Waals surface area contributed by atoms with E-state index in [0.29, 0.717) is 24.6 Å². The molecule has 0 bridgehead atoms. The zero-order valence-electron chi connectivity index (χ0n) is 14.7. The minimum Gasteiger partial charge on any atom is -0.352 e. The highest BCUT2D eigenvalue weighted by Crippen LogP contribution is 2.19. The van der Waals surface area contributed by atoms with Gasteiger partial charge in [0.1, 0.15) is 11.6 Å². The fourth-order valence-electron chi connectivity index (χ4n) is 2.76. The highest BCUT2D eigenvalue weighted by Gasteiger charge is 2.24. The first-order valence-electron chi connectivity index (χ1n) is 8.34. The van der Waals surface area contributed by atoms with Gasteiger partial charge >= 0.3 is 0 Å². The van der Waals surface area contributed by atoms with Gasteiger partial charge in [-0.3, -0.25) is 4.79 Å². The van der Waals surface area contributed by atoms with Gasteiger partial charge in [0.15, 0.2) is 5.82 Å². The standard InChI is InChI=1S/C16H24N6O2/c1-10-19-20-12-6-5-11(9-22(10)12)17-13(23)7-8-14-18-15(21-24-14)16(2,3)4/h11H,5-9H2,1-4H3,(H,17,23)/t11-/m1/s1. The van der Waals surface area contributed by atoms with Crippen LogP contribution in [0.1, 0.15) is 57.0 Å². The number of fused-ring (bicyclic) bond motifs is 1. The van der Waals surface area contributed by atoms with Crippen LogP contribution >= 0.6 is 0 Å². The van der Waals surface area contributed by atoms with Crippen LogP contribution in [0, 0.1) is 6.92 Å². The fraction of sp³-hybridized carbons (Fsp3) is 0.688. The van der Waals surface area contributed by atoms with Crippen molar-refractivity contribution in [1.29, 1.82) is 0 Å². The van der Waals surface area contributed by atoms with Crippen LogP contribution in [0.3, 0.4) is 0 Å². The van der Waals surface area contributed by atoms with Gasteiger partial charge in [0, 0.05) is 37.3 Å². The van der Waals surface area contributed by atoms with Crippen molar-refractivity contribution < 1.29 is 9.32 Å². The first kappa shape index (κ1) is 16.6. The number of nitrogens with zero attached hydrogens (tertiary/aromatic N) is 5. The zero-order chi connectivity index (χ0) is 17.3. The monoisotopic (exact) mass is 332 g/mol. The molecule has 0 fully saturated rings.